The maximum absolute atomic E-state index is 13.2. The van der Waals surface area contributed by atoms with E-state index < -0.39 is 17.8 Å². The number of hydrogen-bond donors (Lipinski definition) is 3. The minimum atomic E-state index is -4.58. The van der Waals surface area contributed by atoms with Crippen molar-refractivity contribution in [2.75, 3.05) is 10.6 Å². The number of benzene rings is 2. The van der Waals surface area contributed by atoms with Gasteiger partial charge in [-0.1, -0.05) is 0 Å². The molecule has 2 heterocycles. The number of halogens is 3. The molecule has 2 aromatic carbocycles. The van der Waals surface area contributed by atoms with Gasteiger partial charge in [-0.3, -0.25) is 5.21 Å². The maximum atomic E-state index is 13.2. The van der Waals surface area contributed by atoms with Crippen LogP contribution in [-0.4, -0.2) is 26.0 Å². The van der Waals surface area contributed by atoms with Crippen LogP contribution in [0.2, 0.25) is 0 Å². The molecule has 3 N–H and O–H groups in total. The molecule has 0 radical (unpaired) electrons. The Hall–Kier alpha value is -4.61. The number of carbonyl (C=O) groups is 1. The van der Waals surface area contributed by atoms with Gasteiger partial charge in [-0.2, -0.15) is 18.3 Å². The second-order valence-corrected chi connectivity index (χ2v) is 6.69. The number of nitrogens with one attached hydrogen (secondary N) is 2. The number of alkyl halides is 3. The van der Waals surface area contributed by atoms with Gasteiger partial charge in [0.25, 0.3) is 0 Å². The predicted octanol–water partition coefficient (Wildman–Crippen LogP) is 4.25. The molecule has 0 saturated carbocycles. The Morgan fingerprint density at radius 1 is 1.00 bits per heavy atom. The van der Waals surface area contributed by atoms with E-state index in [1.54, 1.807) is 36.4 Å². The minimum absolute atomic E-state index is 0.0991. The van der Waals surface area contributed by atoms with Crippen molar-refractivity contribution in [1.82, 2.24) is 14.8 Å². The Morgan fingerprint density at radius 2 is 1.70 bits per heavy atom. The van der Waals surface area contributed by atoms with Crippen LogP contribution < -0.4 is 20.1 Å². The summed E-state index contributed by atoms with van der Waals surface area (Å²) in [4.78, 5) is 16.2. The monoisotopic (exact) mass is 457 g/mol. The Balaban J connectivity index is 1.47. The average molecular weight is 457 g/mol. The normalized spacial score (nSPS) is 11.1. The van der Waals surface area contributed by atoms with E-state index in [1.807, 2.05) is 0 Å². The van der Waals surface area contributed by atoms with Crippen molar-refractivity contribution in [2.45, 2.75) is 6.18 Å². The van der Waals surface area contributed by atoms with E-state index in [2.05, 4.69) is 20.7 Å². The van der Waals surface area contributed by atoms with Crippen LogP contribution in [0.4, 0.5) is 29.3 Å². The first kappa shape index (κ1) is 21.6. The number of anilines is 2. The Labute approximate surface area is 184 Å². The van der Waals surface area contributed by atoms with E-state index in [1.165, 1.54) is 35.8 Å². The molecular weight excluding hydrogens is 441 g/mol. The largest absolute Gasteiger partial charge is 0.457 e. The summed E-state index contributed by atoms with van der Waals surface area (Å²) in [5.74, 6) is 0.965. The summed E-state index contributed by atoms with van der Waals surface area (Å²) in [5, 5.41) is 18.1. The first-order valence-electron chi connectivity index (χ1n) is 9.41. The van der Waals surface area contributed by atoms with Gasteiger partial charge in [0.15, 0.2) is 0 Å². The van der Waals surface area contributed by atoms with Gasteiger partial charge in [0.05, 0.1) is 16.9 Å². The molecule has 0 aliphatic carbocycles. The Morgan fingerprint density at radius 3 is 2.33 bits per heavy atom. The molecule has 33 heavy (non-hydrogen) atoms. The number of nitrogens with zero attached hydrogens (tertiary/aromatic N) is 4. The van der Waals surface area contributed by atoms with Crippen LogP contribution in [0.25, 0.3) is 5.69 Å². The molecular formula is C21H16F3N6O3+. The second kappa shape index (κ2) is 8.86. The molecule has 168 valence electrons. The van der Waals surface area contributed by atoms with E-state index in [4.69, 9.17) is 4.74 Å². The number of hydrogen-bond acceptors (Lipinski definition) is 5. The highest BCUT2D eigenvalue weighted by atomic mass is 19.4. The smallest absolute Gasteiger partial charge is 0.416 e. The standard InChI is InChI=1S/C21H15F3N6O3/c22-21(23,24)14-1-6-19(30-13-25-12-26-30)18(11-14)28-20(31)27-15-2-4-16(5-3-15)33-17-7-9-29(32)10-8-17/h1-13H,(H2-,27,28,31,32)/p+1. The number of pyridine rings is 1. The fourth-order valence-electron chi connectivity index (χ4n) is 2.84. The Bertz CT molecular complexity index is 1240. The molecule has 0 bridgehead atoms. The summed E-state index contributed by atoms with van der Waals surface area (Å²) in [7, 11) is 0. The molecule has 0 aliphatic heterocycles. The zero-order valence-electron chi connectivity index (χ0n) is 16.7. The lowest BCUT2D eigenvalue weighted by Gasteiger charge is -2.15. The lowest BCUT2D eigenvalue weighted by atomic mass is 10.1. The first-order chi connectivity index (χ1) is 15.8. The molecule has 0 saturated heterocycles. The molecule has 0 fully saturated rings. The lowest BCUT2D eigenvalue weighted by molar-refractivity contribution is -0.904. The van der Waals surface area contributed by atoms with Gasteiger partial charge in [-0.15, -0.1) is 0 Å². The van der Waals surface area contributed by atoms with Crippen LogP contribution in [0.15, 0.2) is 79.6 Å². The zero-order valence-corrected chi connectivity index (χ0v) is 16.7. The number of urea groups is 1. The second-order valence-electron chi connectivity index (χ2n) is 6.69. The van der Waals surface area contributed by atoms with Gasteiger partial charge in [-0.05, 0) is 42.5 Å². The maximum Gasteiger partial charge on any atom is 0.416 e. The van der Waals surface area contributed by atoms with Gasteiger partial charge >= 0.3 is 12.2 Å². The summed E-state index contributed by atoms with van der Waals surface area (Å²) in [5.41, 5.74) is -0.421. The molecule has 0 atom stereocenters. The number of rotatable bonds is 5. The van der Waals surface area contributed by atoms with E-state index >= 15 is 0 Å². The summed E-state index contributed by atoms with van der Waals surface area (Å²) in [6.07, 6.45) is 0.743. The van der Waals surface area contributed by atoms with Gasteiger partial charge in [0, 0.05) is 22.6 Å². The summed E-state index contributed by atoms with van der Waals surface area (Å²) < 4.78 is 47.2. The highest BCUT2D eigenvalue weighted by Crippen LogP contribution is 2.33. The number of carbonyl (C=O) groups excluding carboxylic acids is 1. The summed E-state index contributed by atoms with van der Waals surface area (Å²) in [6, 6.07) is 11.6. The first-order valence-corrected chi connectivity index (χ1v) is 9.41. The number of amides is 2. The van der Waals surface area contributed by atoms with Crippen molar-refractivity contribution in [2.24, 2.45) is 0 Å². The molecule has 2 aromatic heterocycles. The van der Waals surface area contributed by atoms with Crippen LogP contribution in [0.5, 0.6) is 11.5 Å². The van der Waals surface area contributed by atoms with Gasteiger partial charge in [0.2, 0.25) is 12.4 Å². The van der Waals surface area contributed by atoms with Crippen molar-refractivity contribution >= 4 is 17.4 Å². The summed E-state index contributed by atoms with van der Waals surface area (Å²) >= 11 is 0. The molecule has 4 rings (SSSR count). The molecule has 0 spiro atoms. The lowest BCUT2D eigenvalue weighted by Crippen LogP contribution is -2.27. The van der Waals surface area contributed by atoms with E-state index in [-0.39, 0.29) is 11.4 Å². The average Bonchev–Trinajstić information content (AvgIpc) is 3.31. The number of ether oxygens (including phenoxy) is 1. The van der Waals surface area contributed by atoms with Crippen molar-refractivity contribution in [3.8, 4) is 17.2 Å². The van der Waals surface area contributed by atoms with Crippen LogP contribution in [-0.2, 0) is 6.18 Å². The van der Waals surface area contributed by atoms with E-state index in [9.17, 15) is 23.2 Å². The van der Waals surface area contributed by atoms with Crippen LogP contribution in [0, 0.1) is 0 Å². The van der Waals surface area contributed by atoms with E-state index in [0.29, 0.717) is 17.2 Å². The SMILES string of the molecule is O=C(Nc1ccc(Oc2cc[n+](O)cc2)cc1)Nc1cc(C(F)(F)F)ccc1-n1cncn1. The van der Waals surface area contributed by atoms with Gasteiger partial charge < -0.3 is 15.4 Å². The Kier molecular flexibility index (Phi) is 5.81. The fourth-order valence-corrected chi connectivity index (χ4v) is 2.84. The highest BCUT2D eigenvalue weighted by Gasteiger charge is 2.31. The zero-order chi connectivity index (χ0) is 23.4. The molecule has 12 heteroatoms. The third-order valence-corrected chi connectivity index (χ3v) is 4.37. The van der Waals surface area contributed by atoms with Crippen molar-refractivity contribution < 1.29 is 32.6 Å². The predicted molar refractivity (Wildman–Crippen MR) is 109 cm³/mol. The van der Waals surface area contributed by atoms with Crippen molar-refractivity contribution in [3.63, 3.8) is 0 Å². The van der Waals surface area contributed by atoms with Crippen molar-refractivity contribution in [1.29, 1.82) is 0 Å². The van der Waals surface area contributed by atoms with Gasteiger partial charge in [0.1, 0.15) is 24.2 Å². The van der Waals surface area contributed by atoms with Crippen LogP contribution in [0.1, 0.15) is 5.56 Å². The summed E-state index contributed by atoms with van der Waals surface area (Å²) in [6.45, 7) is 0. The van der Waals surface area contributed by atoms with Gasteiger partial charge in [-0.25, -0.2) is 14.5 Å². The fraction of sp³-hybridized carbons (Fsp3) is 0.0476. The quantitative estimate of drug-likeness (QED) is 0.307. The molecule has 0 unspecified atom stereocenters. The van der Waals surface area contributed by atoms with E-state index in [0.717, 1.165) is 16.9 Å². The van der Waals surface area contributed by atoms with Crippen LogP contribution in [0.3, 0.4) is 0 Å². The third kappa shape index (κ3) is 5.36. The molecule has 4 aromatic rings. The minimum Gasteiger partial charge on any atom is -0.457 e. The van der Waals surface area contributed by atoms with Crippen LogP contribution >= 0.6 is 0 Å². The van der Waals surface area contributed by atoms with Crippen molar-refractivity contribution in [3.05, 3.63) is 85.2 Å². The topological polar surface area (TPSA) is 105 Å². The molecule has 9 nitrogen and oxygen atoms in total. The number of aromatic nitrogens is 4. The molecule has 2 amide bonds. The highest BCUT2D eigenvalue weighted by molar-refractivity contribution is 6.01. The molecule has 0 aliphatic rings. The third-order valence-electron chi connectivity index (χ3n) is 4.37.